The Morgan fingerprint density at radius 1 is 1.31 bits per heavy atom. The van der Waals surface area contributed by atoms with E-state index in [1.54, 1.807) is 0 Å². The molecule has 0 atom stereocenters. The zero-order valence-corrected chi connectivity index (χ0v) is 9.24. The fourth-order valence-electron chi connectivity index (χ4n) is 0.609. The van der Waals surface area contributed by atoms with Crippen LogP contribution in [0.4, 0.5) is 4.79 Å². The molecule has 0 aromatic heterocycles. The lowest BCUT2D eigenvalue weighted by Gasteiger charge is -2.13. The second-order valence-corrected chi connectivity index (χ2v) is 3.11. The number of carbonyl (C=O) groups is 1. The Balaban J connectivity index is 3.48. The smallest absolute Gasteiger partial charge is 0.315 e. The normalized spacial score (nSPS) is 10.2. The lowest BCUT2D eigenvalue weighted by Crippen LogP contribution is -2.46. The zero-order chi connectivity index (χ0) is 10.1. The van der Waals surface area contributed by atoms with Crippen molar-refractivity contribution in [2.75, 3.05) is 26.3 Å². The molecule has 0 fully saturated rings. The van der Waals surface area contributed by atoms with Crippen LogP contribution in [-0.4, -0.2) is 48.6 Å². The molecule has 0 heterocycles. The van der Waals surface area contributed by atoms with Gasteiger partial charge in [0.25, 0.3) is 0 Å². The fourth-order valence-corrected chi connectivity index (χ4v) is 0.878. The van der Waals surface area contributed by atoms with Gasteiger partial charge in [-0.05, 0) is 0 Å². The number of aliphatic hydroxyl groups is 2. The van der Waals surface area contributed by atoms with Gasteiger partial charge in [0.1, 0.15) is 0 Å². The molecule has 0 bridgehead atoms. The van der Waals surface area contributed by atoms with E-state index in [0.717, 1.165) is 0 Å². The largest absolute Gasteiger partial charge is 0.394 e. The molecule has 0 aliphatic heterocycles. The van der Waals surface area contributed by atoms with Gasteiger partial charge in [-0.3, -0.25) is 3.53 Å². The quantitative estimate of drug-likeness (QED) is 0.236. The Bertz CT molecular complexity index is 143. The van der Waals surface area contributed by atoms with E-state index in [2.05, 4.69) is 14.2 Å². The van der Waals surface area contributed by atoms with E-state index in [0.29, 0.717) is 13.1 Å². The number of urea groups is 1. The van der Waals surface area contributed by atoms with Gasteiger partial charge in [0.15, 0.2) is 0 Å². The molecular formula is C6H14IN3O3. The Kier molecular flexibility index (Phi) is 8.40. The summed E-state index contributed by atoms with van der Waals surface area (Å²) < 4.78 is 2.83. The third-order valence-electron chi connectivity index (χ3n) is 1.28. The summed E-state index contributed by atoms with van der Waals surface area (Å²) in [5.41, 5.74) is 0. The molecule has 0 radical (unpaired) electrons. The number of carbonyl (C=O) groups excluding carboxylic acids is 1. The van der Waals surface area contributed by atoms with Crippen molar-refractivity contribution in [3.8, 4) is 0 Å². The van der Waals surface area contributed by atoms with Crippen molar-refractivity contribution < 1.29 is 15.0 Å². The van der Waals surface area contributed by atoms with Crippen molar-refractivity contribution in [1.29, 1.82) is 0 Å². The Morgan fingerprint density at radius 2 is 1.92 bits per heavy atom. The third kappa shape index (κ3) is 6.99. The van der Waals surface area contributed by atoms with Gasteiger partial charge in [0, 0.05) is 36.0 Å². The highest BCUT2D eigenvalue weighted by Gasteiger charge is 2.08. The first-order valence-corrected chi connectivity index (χ1v) is 4.92. The molecule has 0 aromatic carbocycles. The molecule has 0 spiro atoms. The van der Waals surface area contributed by atoms with Crippen molar-refractivity contribution >= 4 is 28.9 Å². The number of aliphatic hydroxyl groups excluding tert-OH is 2. The molecule has 2 amide bonds. The molecule has 0 saturated heterocycles. The lowest BCUT2D eigenvalue weighted by atomic mass is 10.3. The van der Waals surface area contributed by atoms with Crippen molar-refractivity contribution in [3.63, 3.8) is 0 Å². The maximum Gasteiger partial charge on any atom is 0.315 e. The first kappa shape index (κ1) is 12.9. The zero-order valence-electron chi connectivity index (χ0n) is 7.09. The summed E-state index contributed by atoms with van der Waals surface area (Å²) in [4.78, 5) is 11.0. The maximum atomic E-state index is 11.0. The second-order valence-electron chi connectivity index (χ2n) is 2.35. The summed E-state index contributed by atoms with van der Waals surface area (Å²) in [6.45, 7) is 0.623. The molecule has 78 valence electrons. The molecule has 0 aromatic rings. The Labute approximate surface area is 90.6 Å². The van der Waals surface area contributed by atoms with Crippen LogP contribution < -0.4 is 14.2 Å². The number of amides is 2. The highest BCUT2D eigenvalue weighted by atomic mass is 127. The molecule has 0 aliphatic carbocycles. The van der Waals surface area contributed by atoms with Crippen LogP contribution in [0.5, 0.6) is 0 Å². The van der Waals surface area contributed by atoms with E-state index < -0.39 is 6.04 Å². The van der Waals surface area contributed by atoms with Gasteiger partial charge in [-0.1, -0.05) is 0 Å². The van der Waals surface area contributed by atoms with Crippen molar-refractivity contribution in [3.05, 3.63) is 0 Å². The van der Waals surface area contributed by atoms with Gasteiger partial charge in [0.2, 0.25) is 0 Å². The topological polar surface area (TPSA) is 93.6 Å². The number of hydrogen-bond donors (Lipinski definition) is 5. The van der Waals surface area contributed by atoms with Crippen LogP contribution in [0.1, 0.15) is 0 Å². The fraction of sp³-hybridized carbons (Fsp3) is 0.833. The van der Waals surface area contributed by atoms with E-state index in [1.165, 1.54) is 0 Å². The van der Waals surface area contributed by atoms with Crippen LogP contribution in [0.3, 0.4) is 0 Å². The van der Waals surface area contributed by atoms with Crippen molar-refractivity contribution in [1.82, 2.24) is 14.2 Å². The first-order chi connectivity index (χ1) is 6.24. The lowest BCUT2D eigenvalue weighted by molar-refractivity contribution is 0.169. The van der Waals surface area contributed by atoms with Crippen LogP contribution in [-0.2, 0) is 0 Å². The highest BCUT2D eigenvalue weighted by molar-refractivity contribution is 14.1. The summed E-state index contributed by atoms with van der Waals surface area (Å²) >= 11 is 1.97. The summed E-state index contributed by atoms with van der Waals surface area (Å²) in [6, 6.07) is -0.979. The predicted molar refractivity (Wildman–Crippen MR) is 56.5 cm³/mol. The first-order valence-electron chi connectivity index (χ1n) is 3.84. The summed E-state index contributed by atoms with van der Waals surface area (Å²) in [5, 5.41) is 22.2. The molecule has 0 rings (SSSR count). The summed E-state index contributed by atoms with van der Waals surface area (Å²) in [5.74, 6) is 0. The molecule has 0 aliphatic rings. The van der Waals surface area contributed by atoms with Crippen LogP contribution in [0.15, 0.2) is 0 Å². The van der Waals surface area contributed by atoms with Gasteiger partial charge in [-0.25, -0.2) is 4.79 Å². The van der Waals surface area contributed by atoms with E-state index in [1.807, 2.05) is 22.9 Å². The standard InChI is InChI=1S/C6H14IN3O3/c7-9-2-1-8-6(13)10-5(3-11)4-12/h5,9,11-12H,1-4H2,(H2,8,10,13). The number of rotatable bonds is 6. The molecule has 13 heavy (non-hydrogen) atoms. The van der Waals surface area contributed by atoms with E-state index >= 15 is 0 Å². The van der Waals surface area contributed by atoms with Gasteiger partial charge in [-0.15, -0.1) is 0 Å². The van der Waals surface area contributed by atoms with Gasteiger partial charge >= 0.3 is 6.03 Å². The van der Waals surface area contributed by atoms with Crippen LogP contribution in [0, 0.1) is 0 Å². The minimum Gasteiger partial charge on any atom is -0.394 e. The molecule has 0 unspecified atom stereocenters. The number of halogens is 1. The Hall–Kier alpha value is -0.120. The molecule has 0 saturated carbocycles. The third-order valence-corrected chi connectivity index (χ3v) is 1.82. The molecular weight excluding hydrogens is 289 g/mol. The van der Waals surface area contributed by atoms with Crippen LogP contribution >= 0.6 is 22.9 Å². The molecule has 6 nitrogen and oxygen atoms in total. The van der Waals surface area contributed by atoms with Crippen LogP contribution in [0.25, 0.3) is 0 Å². The molecule has 7 heteroatoms. The van der Waals surface area contributed by atoms with Crippen molar-refractivity contribution in [2.45, 2.75) is 6.04 Å². The SMILES string of the molecule is O=C(NCCNI)NC(CO)CO. The van der Waals surface area contributed by atoms with Crippen LogP contribution in [0.2, 0.25) is 0 Å². The van der Waals surface area contributed by atoms with E-state index in [4.69, 9.17) is 10.2 Å². The van der Waals surface area contributed by atoms with E-state index in [9.17, 15) is 4.79 Å². The van der Waals surface area contributed by atoms with E-state index in [-0.39, 0.29) is 19.2 Å². The average molecular weight is 303 g/mol. The summed E-state index contributed by atoms with van der Waals surface area (Å²) in [7, 11) is 0. The average Bonchev–Trinajstić information content (AvgIpc) is 2.14. The van der Waals surface area contributed by atoms with Gasteiger partial charge in [-0.2, -0.15) is 0 Å². The maximum absolute atomic E-state index is 11.0. The second kappa shape index (κ2) is 8.48. The number of nitrogens with one attached hydrogen (secondary N) is 3. The van der Waals surface area contributed by atoms with Crippen molar-refractivity contribution in [2.24, 2.45) is 0 Å². The number of hydrogen-bond acceptors (Lipinski definition) is 4. The highest BCUT2D eigenvalue weighted by Crippen LogP contribution is 1.79. The van der Waals surface area contributed by atoms with Gasteiger partial charge in [0.05, 0.1) is 19.3 Å². The predicted octanol–water partition coefficient (Wildman–Crippen LogP) is -1.42. The Morgan fingerprint density at radius 3 is 2.38 bits per heavy atom. The monoisotopic (exact) mass is 303 g/mol. The molecule has 5 N–H and O–H groups in total. The van der Waals surface area contributed by atoms with Gasteiger partial charge < -0.3 is 20.8 Å². The minimum atomic E-state index is -0.590. The summed E-state index contributed by atoms with van der Waals surface area (Å²) in [6.07, 6.45) is 0. The minimum absolute atomic E-state index is 0.269.